The summed E-state index contributed by atoms with van der Waals surface area (Å²) >= 11 is 1.26. The summed E-state index contributed by atoms with van der Waals surface area (Å²) in [5, 5.41) is 0.525. The monoisotopic (exact) mass is 515 g/mol. The topological polar surface area (TPSA) is 53.0 Å². The zero-order chi connectivity index (χ0) is 26.2. The maximum atomic E-state index is 14.0. The highest BCUT2D eigenvalue weighted by Crippen LogP contribution is 2.46. The number of anilines is 2. The van der Waals surface area contributed by atoms with Crippen molar-refractivity contribution >= 4 is 51.4 Å². The number of benzene rings is 4. The summed E-state index contributed by atoms with van der Waals surface area (Å²) in [5.74, 6) is -0.421. The van der Waals surface area contributed by atoms with E-state index in [9.17, 15) is 9.59 Å². The van der Waals surface area contributed by atoms with E-state index in [4.69, 9.17) is 4.99 Å². The van der Waals surface area contributed by atoms with Gasteiger partial charge in [-0.15, -0.1) is 0 Å². The van der Waals surface area contributed by atoms with Crippen molar-refractivity contribution in [3.05, 3.63) is 130 Å². The molecule has 38 heavy (non-hydrogen) atoms. The number of nitrogens with zero attached hydrogens (tertiary/aromatic N) is 3. The molecule has 4 aromatic carbocycles. The normalized spacial score (nSPS) is 18.0. The van der Waals surface area contributed by atoms with Crippen molar-refractivity contribution in [1.29, 1.82) is 0 Å². The average molecular weight is 516 g/mol. The Morgan fingerprint density at radius 3 is 2.05 bits per heavy atom. The van der Waals surface area contributed by atoms with Gasteiger partial charge in [0.2, 0.25) is 0 Å². The van der Waals surface area contributed by atoms with Gasteiger partial charge in [-0.25, -0.2) is 4.99 Å². The van der Waals surface area contributed by atoms with Gasteiger partial charge in [0.15, 0.2) is 5.17 Å². The van der Waals surface area contributed by atoms with Gasteiger partial charge in [-0.2, -0.15) is 0 Å². The molecule has 0 N–H and O–H groups in total. The van der Waals surface area contributed by atoms with Crippen molar-refractivity contribution in [1.82, 2.24) is 0 Å². The van der Waals surface area contributed by atoms with Crippen molar-refractivity contribution in [2.24, 2.45) is 4.99 Å². The lowest BCUT2D eigenvalue weighted by Gasteiger charge is -2.17. The van der Waals surface area contributed by atoms with E-state index >= 15 is 0 Å². The largest absolute Gasteiger partial charge is 0.303 e. The average Bonchev–Trinajstić information content (AvgIpc) is 3.39. The highest BCUT2D eigenvalue weighted by atomic mass is 32.2. The van der Waals surface area contributed by atoms with Crippen molar-refractivity contribution in [2.45, 2.75) is 20.4 Å². The Bertz CT molecular complexity index is 1610. The zero-order valence-electron chi connectivity index (χ0n) is 21.1. The molecule has 2 amide bonds. The Labute approximate surface area is 226 Å². The van der Waals surface area contributed by atoms with Crippen LogP contribution >= 0.6 is 11.8 Å². The lowest BCUT2D eigenvalue weighted by molar-refractivity contribution is -0.115. The number of hydrogen-bond acceptors (Lipinski definition) is 4. The number of aryl methyl sites for hydroxylation is 2. The van der Waals surface area contributed by atoms with E-state index in [1.54, 1.807) is 9.80 Å². The molecule has 1 saturated heterocycles. The SMILES string of the molecule is Cc1ccc(N=C2S/C(=C3/C(=O)N(Cc4ccccc4)c4ccccc43)C(=O)N2c2ccc(C)cc2)cc1. The molecule has 2 aliphatic rings. The minimum atomic E-state index is -0.246. The quantitative estimate of drug-likeness (QED) is 0.274. The highest BCUT2D eigenvalue weighted by molar-refractivity contribution is 8.19. The molecule has 0 radical (unpaired) electrons. The molecule has 6 rings (SSSR count). The maximum absolute atomic E-state index is 14.0. The molecular formula is C32H25N3O2S. The van der Waals surface area contributed by atoms with Crippen LogP contribution in [0.25, 0.3) is 5.57 Å². The number of carbonyl (C=O) groups is 2. The molecule has 0 atom stereocenters. The second kappa shape index (κ2) is 9.80. The van der Waals surface area contributed by atoms with Crippen LogP contribution in [0.2, 0.25) is 0 Å². The fourth-order valence-corrected chi connectivity index (χ4v) is 5.76. The van der Waals surface area contributed by atoms with Gasteiger partial charge in [0.25, 0.3) is 11.8 Å². The highest BCUT2D eigenvalue weighted by Gasteiger charge is 2.43. The van der Waals surface area contributed by atoms with Gasteiger partial charge in [-0.05, 0) is 61.5 Å². The standard InChI is InChI=1S/C32H25N3O2S/c1-21-12-16-24(17-13-21)33-32-35(25-18-14-22(2)15-19-25)31(37)29(38-32)28-26-10-6-7-11-27(26)34(30(28)36)20-23-8-4-3-5-9-23/h3-19H,20H2,1-2H3/b29-28+,33-32?. The van der Waals surface area contributed by atoms with Crippen molar-refractivity contribution in [3.8, 4) is 0 Å². The molecule has 2 aliphatic heterocycles. The first-order chi connectivity index (χ1) is 18.5. The summed E-state index contributed by atoms with van der Waals surface area (Å²) in [7, 11) is 0. The van der Waals surface area contributed by atoms with Crippen LogP contribution in [0.1, 0.15) is 22.3 Å². The van der Waals surface area contributed by atoms with Crippen LogP contribution in [0.3, 0.4) is 0 Å². The summed E-state index contributed by atoms with van der Waals surface area (Å²) in [6.07, 6.45) is 0. The number of amidine groups is 1. The number of carbonyl (C=O) groups excluding carboxylic acids is 2. The van der Waals surface area contributed by atoms with Crippen LogP contribution in [-0.2, 0) is 16.1 Å². The van der Waals surface area contributed by atoms with Crippen molar-refractivity contribution in [2.75, 3.05) is 9.80 Å². The second-order valence-corrected chi connectivity index (χ2v) is 10.4. The Balaban J connectivity index is 1.48. The van der Waals surface area contributed by atoms with E-state index in [0.717, 1.165) is 39.3 Å². The fourth-order valence-electron chi connectivity index (χ4n) is 4.67. The molecule has 2 heterocycles. The van der Waals surface area contributed by atoms with E-state index in [1.165, 1.54) is 11.8 Å². The van der Waals surface area contributed by atoms with Crippen LogP contribution in [0.5, 0.6) is 0 Å². The second-order valence-electron chi connectivity index (χ2n) is 9.41. The third-order valence-corrected chi connectivity index (χ3v) is 7.71. The lowest BCUT2D eigenvalue weighted by Crippen LogP contribution is -2.30. The minimum absolute atomic E-state index is 0.175. The number of amides is 2. The van der Waals surface area contributed by atoms with Crippen molar-refractivity contribution in [3.63, 3.8) is 0 Å². The van der Waals surface area contributed by atoms with E-state index in [1.807, 2.05) is 117 Å². The Morgan fingerprint density at radius 1 is 0.711 bits per heavy atom. The number of aliphatic imine (C=N–C) groups is 1. The molecule has 0 saturated carbocycles. The van der Waals surface area contributed by atoms with Crippen LogP contribution in [0, 0.1) is 13.8 Å². The summed E-state index contributed by atoms with van der Waals surface area (Å²) in [6.45, 7) is 4.46. The number of hydrogen-bond donors (Lipinski definition) is 0. The first kappa shape index (κ1) is 23.9. The summed E-state index contributed by atoms with van der Waals surface area (Å²) in [4.78, 5) is 36.6. The number of thioether (sulfide) groups is 1. The van der Waals surface area contributed by atoms with Crippen LogP contribution < -0.4 is 9.80 Å². The third kappa shape index (κ3) is 4.33. The molecule has 0 aromatic heterocycles. The Hall–Kier alpha value is -4.42. The van der Waals surface area contributed by atoms with Crippen LogP contribution in [0.15, 0.2) is 113 Å². The van der Waals surface area contributed by atoms with Gasteiger partial charge in [0, 0.05) is 5.56 Å². The molecule has 0 spiro atoms. The molecule has 0 aliphatic carbocycles. The molecule has 1 fully saturated rings. The van der Waals surface area contributed by atoms with E-state index in [0.29, 0.717) is 22.2 Å². The van der Waals surface area contributed by atoms with Crippen LogP contribution in [-0.4, -0.2) is 17.0 Å². The van der Waals surface area contributed by atoms with Gasteiger partial charge in [-0.1, -0.05) is 83.9 Å². The lowest BCUT2D eigenvalue weighted by atomic mass is 10.1. The molecule has 186 valence electrons. The molecule has 6 heteroatoms. The van der Waals surface area contributed by atoms with Gasteiger partial charge in [0.1, 0.15) is 0 Å². The molecule has 0 unspecified atom stereocenters. The van der Waals surface area contributed by atoms with E-state index in [-0.39, 0.29) is 11.8 Å². The zero-order valence-corrected chi connectivity index (χ0v) is 21.9. The van der Waals surface area contributed by atoms with Gasteiger partial charge >= 0.3 is 0 Å². The fraction of sp³-hybridized carbons (Fsp3) is 0.0938. The van der Waals surface area contributed by atoms with Crippen LogP contribution in [0.4, 0.5) is 17.1 Å². The molecular weight excluding hydrogens is 490 g/mol. The maximum Gasteiger partial charge on any atom is 0.272 e. The van der Waals surface area contributed by atoms with Crippen molar-refractivity contribution < 1.29 is 9.59 Å². The van der Waals surface area contributed by atoms with Gasteiger partial charge < -0.3 is 4.90 Å². The van der Waals surface area contributed by atoms with E-state index < -0.39 is 0 Å². The molecule has 4 aromatic rings. The van der Waals surface area contributed by atoms with E-state index in [2.05, 4.69) is 0 Å². The number of fused-ring (bicyclic) bond motifs is 1. The first-order valence-corrected chi connectivity index (χ1v) is 13.2. The molecule has 5 nitrogen and oxygen atoms in total. The predicted molar refractivity (Wildman–Crippen MR) is 156 cm³/mol. The summed E-state index contributed by atoms with van der Waals surface area (Å²) < 4.78 is 0. The Morgan fingerprint density at radius 2 is 1.34 bits per heavy atom. The number of para-hydroxylation sites is 1. The molecule has 0 bridgehead atoms. The van der Waals surface area contributed by atoms with Gasteiger partial charge in [0.05, 0.1) is 34.1 Å². The number of rotatable bonds is 4. The summed E-state index contributed by atoms with van der Waals surface area (Å²) in [5.41, 5.74) is 6.72. The smallest absolute Gasteiger partial charge is 0.272 e. The third-order valence-electron chi connectivity index (χ3n) is 6.67. The first-order valence-electron chi connectivity index (χ1n) is 12.4. The minimum Gasteiger partial charge on any atom is -0.303 e. The summed E-state index contributed by atoms with van der Waals surface area (Å²) in [6, 6.07) is 33.2. The van der Waals surface area contributed by atoms with Gasteiger partial charge in [-0.3, -0.25) is 14.5 Å². The predicted octanol–water partition coefficient (Wildman–Crippen LogP) is 7.03. The Kier molecular flexibility index (Phi) is 6.18.